The second kappa shape index (κ2) is 6.03. The van der Waals surface area contributed by atoms with E-state index < -0.39 is 0 Å². The number of morpholine rings is 1. The van der Waals surface area contributed by atoms with Gasteiger partial charge in [0.25, 0.3) is 0 Å². The molecule has 0 aromatic heterocycles. The van der Waals surface area contributed by atoms with E-state index in [0.29, 0.717) is 31.3 Å². The lowest BCUT2D eigenvalue weighted by Gasteiger charge is -2.27. The maximum Gasteiger partial charge on any atom is 0.191 e. The normalized spacial score (nSPS) is 16.4. The number of nitrogens with zero attached hydrogens (tertiary/aromatic N) is 3. The molecule has 1 heterocycles. The number of guanidine groups is 1. The molecule has 2 rings (SSSR count). The summed E-state index contributed by atoms with van der Waals surface area (Å²) in [5.41, 5.74) is 7.62. The molecule has 18 heavy (non-hydrogen) atoms. The Morgan fingerprint density at radius 2 is 2.00 bits per heavy atom. The van der Waals surface area contributed by atoms with Gasteiger partial charge >= 0.3 is 0 Å². The molecule has 1 aliphatic heterocycles. The molecule has 1 aromatic rings. The monoisotopic (exact) mass is 244 g/mol. The smallest absolute Gasteiger partial charge is 0.191 e. The molecule has 0 radical (unpaired) electrons. The molecule has 2 N–H and O–H groups in total. The van der Waals surface area contributed by atoms with Crippen LogP contribution < -0.4 is 5.73 Å². The Labute approximate surface area is 106 Å². The van der Waals surface area contributed by atoms with Crippen molar-refractivity contribution in [1.29, 1.82) is 5.26 Å². The molecule has 0 atom stereocenters. The third-order valence-electron chi connectivity index (χ3n) is 2.84. The third kappa shape index (κ3) is 3.22. The van der Waals surface area contributed by atoms with Crippen molar-refractivity contribution in [2.24, 2.45) is 10.7 Å². The zero-order valence-electron chi connectivity index (χ0n) is 10.2. The molecule has 0 bridgehead atoms. The summed E-state index contributed by atoms with van der Waals surface area (Å²) in [6.07, 6.45) is 0. The van der Waals surface area contributed by atoms with Gasteiger partial charge in [-0.15, -0.1) is 0 Å². The van der Waals surface area contributed by atoms with Gasteiger partial charge in [0.15, 0.2) is 5.96 Å². The third-order valence-corrected chi connectivity index (χ3v) is 2.84. The van der Waals surface area contributed by atoms with Crippen LogP contribution in [-0.4, -0.2) is 37.2 Å². The molecule has 0 saturated carbocycles. The molecule has 0 aliphatic carbocycles. The Hall–Kier alpha value is -2.06. The standard InChI is InChI=1S/C13H16N4O/c14-9-11-1-3-12(4-2-11)10-16-13(15)17-5-7-18-8-6-17/h1-4H,5-8,10H2,(H2,15,16). The predicted molar refractivity (Wildman–Crippen MR) is 68.9 cm³/mol. The first-order valence-corrected chi connectivity index (χ1v) is 5.91. The molecule has 1 fully saturated rings. The average Bonchev–Trinajstić information content (AvgIpc) is 2.46. The number of aliphatic imine (C=N–C) groups is 1. The number of nitrogens with two attached hydrogens (primary N) is 1. The molecular weight excluding hydrogens is 228 g/mol. The van der Waals surface area contributed by atoms with Crippen LogP contribution >= 0.6 is 0 Å². The van der Waals surface area contributed by atoms with Crippen LogP contribution in [0.5, 0.6) is 0 Å². The van der Waals surface area contributed by atoms with E-state index in [4.69, 9.17) is 15.7 Å². The van der Waals surface area contributed by atoms with Crippen molar-refractivity contribution in [1.82, 2.24) is 4.90 Å². The summed E-state index contributed by atoms with van der Waals surface area (Å²) < 4.78 is 5.26. The van der Waals surface area contributed by atoms with Crippen molar-refractivity contribution in [3.63, 3.8) is 0 Å². The topological polar surface area (TPSA) is 74.6 Å². The van der Waals surface area contributed by atoms with Crippen molar-refractivity contribution >= 4 is 5.96 Å². The maximum atomic E-state index is 8.70. The van der Waals surface area contributed by atoms with Gasteiger partial charge in [0.2, 0.25) is 0 Å². The van der Waals surface area contributed by atoms with E-state index in [9.17, 15) is 0 Å². The van der Waals surface area contributed by atoms with Crippen LogP contribution in [0.4, 0.5) is 0 Å². The van der Waals surface area contributed by atoms with E-state index >= 15 is 0 Å². The van der Waals surface area contributed by atoms with Gasteiger partial charge in [-0.05, 0) is 17.7 Å². The highest BCUT2D eigenvalue weighted by atomic mass is 16.5. The first-order chi connectivity index (χ1) is 8.79. The highest BCUT2D eigenvalue weighted by molar-refractivity contribution is 5.78. The fourth-order valence-electron chi connectivity index (χ4n) is 1.75. The molecule has 0 unspecified atom stereocenters. The minimum atomic E-state index is 0.537. The zero-order valence-corrected chi connectivity index (χ0v) is 10.2. The molecule has 1 aliphatic rings. The number of nitriles is 1. The minimum absolute atomic E-state index is 0.537. The van der Waals surface area contributed by atoms with Gasteiger partial charge in [0.1, 0.15) is 0 Å². The van der Waals surface area contributed by atoms with Gasteiger partial charge in [0, 0.05) is 13.1 Å². The average molecular weight is 244 g/mol. The zero-order chi connectivity index (χ0) is 12.8. The molecule has 94 valence electrons. The van der Waals surface area contributed by atoms with Crippen molar-refractivity contribution in [3.8, 4) is 6.07 Å². The van der Waals surface area contributed by atoms with Gasteiger partial charge in [-0.25, -0.2) is 4.99 Å². The summed E-state index contributed by atoms with van der Waals surface area (Å²) in [5, 5.41) is 8.70. The quantitative estimate of drug-likeness (QED) is 0.614. The first kappa shape index (κ1) is 12.4. The van der Waals surface area contributed by atoms with Crippen LogP contribution in [0.25, 0.3) is 0 Å². The predicted octanol–water partition coefficient (Wildman–Crippen LogP) is 0.705. The number of ether oxygens (including phenoxy) is 1. The fourth-order valence-corrected chi connectivity index (χ4v) is 1.75. The minimum Gasteiger partial charge on any atom is -0.378 e. The van der Waals surface area contributed by atoms with Crippen LogP contribution in [0, 0.1) is 11.3 Å². The van der Waals surface area contributed by atoms with Crippen LogP contribution in [0.2, 0.25) is 0 Å². The van der Waals surface area contributed by atoms with E-state index in [1.54, 1.807) is 12.1 Å². The molecule has 0 spiro atoms. The first-order valence-electron chi connectivity index (χ1n) is 5.91. The highest BCUT2D eigenvalue weighted by Crippen LogP contribution is 2.05. The Balaban J connectivity index is 1.94. The Kier molecular flexibility index (Phi) is 4.15. The van der Waals surface area contributed by atoms with E-state index in [1.165, 1.54) is 0 Å². The molecule has 0 amide bonds. The molecular formula is C13H16N4O. The van der Waals surface area contributed by atoms with Gasteiger partial charge in [-0.1, -0.05) is 12.1 Å². The lowest BCUT2D eigenvalue weighted by Crippen LogP contribution is -2.44. The molecule has 1 saturated heterocycles. The SMILES string of the molecule is N#Cc1ccc(CN=C(N)N2CCOCC2)cc1. The largest absolute Gasteiger partial charge is 0.378 e. The van der Waals surface area contributed by atoms with Crippen molar-refractivity contribution in [3.05, 3.63) is 35.4 Å². The fraction of sp³-hybridized carbons (Fsp3) is 0.385. The van der Waals surface area contributed by atoms with Gasteiger partial charge in [0.05, 0.1) is 31.4 Å². The summed E-state index contributed by atoms with van der Waals surface area (Å²) in [6.45, 7) is 3.53. The van der Waals surface area contributed by atoms with Crippen molar-refractivity contribution in [2.45, 2.75) is 6.54 Å². The number of benzene rings is 1. The molecule has 5 nitrogen and oxygen atoms in total. The lowest BCUT2D eigenvalue weighted by molar-refractivity contribution is 0.0674. The second-order valence-corrected chi connectivity index (χ2v) is 4.08. The number of rotatable bonds is 2. The number of hydrogen-bond donors (Lipinski definition) is 1. The summed E-state index contributed by atoms with van der Waals surface area (Å²) in [6, 6.07) is 9.46. The maximum absolute atomic E-state index is 8.70. The van der Waals surface area contributed by atoms with Gasteiger partial charge < -0.3 is 15.4 Å². The van der Waals surface area contributed by atoms with Crippen molar-refractivity contribution in [2.75, 3.05) is 26.3 Å². The van der Waals surface area contributed by atoms with E-state index in [1.807, 2.05) is 17.0 Å². The van der Waals surface area contributed by atoms with Gasteiger partial charge in [-0.3, -0.25) is 0 Å². The summed E-state index contributed by atoms with van der Waals surface area (Å²) >= 11 is 0. The van der Waals surface area contributed by atoms with E-state index in [2.05, 4.69) is 11.1 Å². The van der Waals surface area contributed by atoms with E-state index in [0.717, 1.165) is 18.7 Å². The summed E-state index contributed by atoms with van der Waals surface area (Å²) in [7, 11) is 0. The molecule has 5 heteroatoms. The van der Waals surface area contributed by atoms with E-state index in [-0.39, 0.29) is 0 Å². The van der Waals surface area contributed by atoms with Crippen LogP contribution in [0.3, 0.4) is 0 Å². The Morgan fingerprint density at radius 3 is 2.61 bits per heavy atom. The van der Waals surface area contributed by atoms with Gasteiger partial charge in [-0.2, -0.15) is 5.26 Å². The van der Waals surface area contributed by atoms with Crippen LogP contribution in [0.15, 0.2) is 29.3 Å². The van der Waals surface area contributed by atoms with Crippen molar-refractivity contribution < 1.29 is 4.74 Å². The highest BCUT2D eigenvalue weighted by Gasteiger charge is 2.11. The summed E-state index contributed by atoms with van der Waals surface area (Å²) in [4.78, 5) is 6.38. The second-order valence-electron chi connectivity index (χ2n) is 4.08. The van der Waals surface area contributed by atoms with Crippen LogP contribution in [0.1, 0.15) is 11.1 Å². The number of hydrogen-bond acceptors (Lipinski definition) is 3. The Bertz CT molecular complexity index is 455. The summed E-state index contributed by atoms with van der Waals surface area (Å²) in [5.74, 6) is 0.558. The van der Waals surface area contributed by atoms with Crippen LogP contribution in [-0.2, 0) is 11.3 Å². The molecule has 1 aromatic carbocycles. The Morgan fingerprint density at radius 1 is 1.33 bits per heavy atom. The lowest BCUT2D eigenvalue weighted by atomic mass is 10.1.